The van der Waals surface area contributed by atoms with E-state index in [0.29, 0.717) is 25.7 Å². The summed E-state index contributed by atoms with van der Waals surface area (Å²) in [6, 6.07) is 2.67. The third-order valence-electron chi connectivity index (χ3n) is 4.25. The molecule has 152 valence electrons. The number of nitrogens with one attached hydrogen (secondary N) is 1. The Morgan fingerprint density at radius 2 is 1.81 bits per heavy atom. The Hall–Kier alpha value is -0.730. The second kappa shape index (κ2) is 10.2. The van der Waals surface area contributed by atoms with Crippen LogP contribution in [0.15, 0.2) is 12.1 Å². The number of anilines is 1. The van der Waals surface area contributed by atoms with Crippen LogP contribution in [-0.4, -0.2) is 46.4 Å². The van der Waals surface area contributed by atoms with Crippen molar-refractivity contribution in [3.63, 3.8) is 0 Å². The van der Waals surface area contributed by atoms with Crippen LogP contribution in [0.5, 0.6) is 0 Å². The van der Waals surface area contributed by atoms with Gasteiger partial charge in [-0.3, -0.25) is 9.10 Å². The number of halogens is 3. The molecule has 0 radical (unpaired) electrons. The number of nitrogens with zero attached hydrogens (tertiary/aromatic N) is 1. The number of hydrogen-bond acceptors (Lipinski definition) is 4. The van der Waals surface area contributed by atoms with Crippen LogP contribution in [0.25, 0.3) is 0 Å². The zero-order valence-electron chi connectivity index (χ0n) is 15.0. The molecular weight excluding hydrogens is 435 g/mol. The fraction of sp³-hybridized carbons (Fsp3) is 0.588. The van der Waals surface area contributed by atoms with Crippen molar-refractivity contribution in [2.75, 3.05) is 30.3 Å². The van der Waals surface area contributed by atoms with Crippen molar-refractivity contribution in [3.05, 3.63) is 27.2 Å². The van der Waals surface area contributed by atoms with E-state index in [0.717, 1.165) is 23.4 Å². The SMILES string of the molecule is CS(=O)(=O)N(CC(=O)NCCCOC1CCCC1)c1cc(Cl)c(Cl)cc1Cl. The zero-order valence-corrected chi connectivity index (χ0v) is 18.1. The second-order valence-electron chi connectivity index (χ2n) is 6.47. The molecule has 0 unspecified atom stereocenters. The number of carbonyl (C=O) groups excluding carboxylic acids is 1. The summed E-state index contributed by atoms with van der Waals surface area (Å²) in [6.07, 6.45) is 6.60. The van der Waals surface area contributed by atoms with Gasteiger partial charge in [0, 0.05) is 13.2 Å². The minimum Gasteiger partial charge on any atom is -0.378 e. The molecule has 1 fully saturated rings. The fourth-order valence-electron chi connectivity index (χ4n) is 2.88. The van der Waals surface area contributed by atoms with Crippen LogP contribution in [0.3, 0.4) is 0 Å². The Labute approximate surface area is 175 Å². The summed E-state index contributed by atoms with van der Waals surface area (Å²) in [5.74, 6) is -0.441. The first-order valence-corrected chi connectivity index (χ1v) is 11.7. The first-order chi connectivity index (χ1) is 12.7. The Kier molecular flexibility index (Phi) is 8.49. The monoisotopic (exact) mass is 456 g/mol. The number of hydrogen-bond donors (Lipinski definition) is 1. The molecule has 6 nitrogen and oxygen atoms in total. The average Bonchev–Trinajstić information content (AvgIpc) is 3.08. The lowest BCUT2D eigenvalue weighted by Gasteiger charge is -2.23. The first-order valence-electron chi connectivity index (χ1n) is 8.69. The summed E-state index contributed by atoms with van der Waals surface area (Å²) in [7, 11) is -3.75. The smallest absolute Gasteiger partial charge is 0.240 e. The van der Waals surface area contributed by atoms with Gasteiger partial charge in [0.2, 0.25) is 15.9 Å². The highest BCUT2D eigenvalue weighted by Crippen LogP contribution is 2.35. The quantitative estimate of drug-likeness (QED) is 0.451. The van der Waals surface area contributed by atoms with Crippen LogP contribution in [-0.2, 0) is 19.6 Å². The van der Waals surface area contributed by atoms with Crippen LogP contribution in [0.1, 0.15) is 32.1 Å². The van der Waals surface area contributed by atoms with Crippen LogP contribution < -0.4 is 9.62 Å². The molecule has 1 saturated carbocycles. The Morgan fingerprint density at radius 3 is 2.44 bits per heavy atom. The van der Waals surface area contributed by atoms with Gasteiger partial charge >= 0.3 is 0 Å². The molecule has 1 aromatic rings. The average molecular weight is 458 g/mol. The zero-order chi connectivity index (χ0) is 20.0. The second-order valence-corrected chi connectivity index (χ2v) is 9.60. The topological polar surface area (TPSA) is 75.7 Å². The lowest BCUT2D eigenvalue weighted by atomic mass is 10.3. The van der Waals surface area contributed by atoms with Crippen molar-refractivity contribution in [2.24, 2.45) is 0 Å². The van der Waals surface area contributed by atoms with Gasteiger partial charge in [-0.2, -0.15) is 0 Å². The maximum Gasteiger partial charge on any atom is 0.240 e. The number of carbonyl (C=O) groups is 1. The predicted octanol–water partition coefficient (Wildman–Crippen LogP) is 3.88. The summed E-state index contributed by atoms with van der Waals surface area (Å²) in [5, 5.41) is 3.14. The molecule has 0 aromatic heterocycles. The van der Waals surface area contributed by atoms with Crippen molar-refractivity contribution in [1.82, 2.24) is 5.32 Å². The molecule has 0 heterocycles. The maximum atomic E-state index is 12.2. The van der Waals surface area contributed by atoms with Gasteiger partial charge in [0.25, 0.3) is 0 Å². The van der Waals surface area contributed by atoms with E-state index in [1.54, 1.807) is 0 Å². The third kappa shape index (κ3) is 6.98. The Morgan fingerprint density at radius 1 is 1.19 bits per heavy atom. The van der Waals surface area contributed by atoms with Crippen LogP contribution >= 0.6 is 34.8 Å². The molecule has 1 aliphatic rings. The molecule has 1 amide bonds. The van der Waals surface area contributed by atoms with Crippen LogP contribution in [0, 0.1) is 0 Å². The van der Waals surface area contributed by atoms with E-state index >= 15 is 0 Å². The fourth-order valence-corrected chi connectivity index (χ4v) is 4.43. The number of amides is 1. The summed E-state index contributed by atoms with van der Waals surface area (Å²) in [4.78, 5) is 12.2. The van der Waals surface area contributed by atoms with Gasteiger partial charge in [0.05, 0.1) is 33.1 Å². The molecule has 27 heavy (non-hydrogen) atoms. The number of benzene rings is 1. The van der Waals surface area contributed by atoms with Crippen molar-refractivity contribution >= 4 is 56.4 Å². The lowest BCUT2D eigenvalue weighted by Crippen LogP contribution is -2.41. The Balaban J connectivity index is 1.90. The maximum absolute atomic E-state index is 12.2. The molecular formula is C17H23Cl3N2O4S. The molecule has 0 atom stereocenters. The van der Waals surface area contributed by atoms with Crippen molar-refractivity contribution in [3.8, 4) is 0 Å². The highest BCUT2D eigenvalue weighted by Gasteiger charge is 2.24. The molecule has 0 aliphatic heterocycles. The Bertz CT molecular complexity index is 768. The van der Waals surface area contributed by atoms with Crippen molar-refractivity contribution in [1.29, 1.82) is 0 Å². The van der Waals surface area contributed by atoms with Crippen LogP contribution in [0.4, 0.5) is 5.69 Å². The standard InChI is InChI=1S/C17H23Cl3N2O4S/c1-27(24,25)22(16-10-14(19)13(18)9-15(16)20)11-17(23)21-7-4-8-26-12-5-2-3-6-12/h9-10,12H,2-8,11H2,1H3,(H,21,23). The number of sulfonamides is 1. The summed E-state index contributed by atoms with van der Waals surface area (Å²) in [5.41, 5.74) is 0.105. The molecule has 0 saturated heterocycles. The highest BCUT2D eigenvalue weighted by atomic mass is 35.5. The van der Waals surface area contributed by atoms with E-state index in [9.17, 15) is 13.2 Å². The molecule has 1 aromatic carbocycles. The molecule has 10 heteroatoms. The van der Waals surface area contributed by atoms with Gasteiger partial charge in [-0.25, -0.2) is 8.42 Å². The minimum atomic E-state index is -3.75. The largest absolute Gasteiger partial charge is 0.378 e. The van der Waals surface area contributed by atoms with Crippen molar-refractivity contribution < 1.29 is 17.9 Å². The van der Waals surface area contributed by atoms with Gasteiger partial charge < -0.3 is 10.1 Å². The van der Waals surface area contributed by atoms with Gasteiger partial charge in [0.1, 0.15) is 6.54 Å². The van der Waals surface area contributed by atoms with E-state index in [1.165, 1.54) is 25.0 Å². The summed E-state index contributed by atoms with van der Waals surface area (Å²) < 4.78 is 30.9. The van der Waals surface area contributed by atoms with E-state index < -0.39 is 22.5 Å². The number of ether oxygens (including phenoxy) is 1. The molecule has 1 N–H and O–H groups in total. The van der Waals surface area contributed by atoms with Gasteiger partial charge in [0.15, 0.2) is 0 Å². The van der Waals surface area contributed by atoms with Crippen LogP contribution in [0.2, 0.25) is 15.1 Å². The molecule has 0 bridgehead atoms. The van der Waals surface area contributed by atoms with E-state index in [4.69, 9.17) is 39.5 Å². The molecule has 2 rings (SSSR count). The number of rotatable bonds is 9. The summed E-state index contributed by atoms with van der Waals surface area (Å²) >= 11 is 17.9. The minimum absolute atomic E-state index is 0.0904. The molecule has 1 aliphatic carbocycles. The van der Waals surface area contributed by atoms with Crippen molar-refractivity contribution in [2.45, 2.75) is 38.2 Å². The lowest BCUT2D eigenvalue weighted by molar-refractivity contribution is -0.119. The van der Waals surface area contributed by atoms with Gasteiger partial charge in [-0.1, -0.05) is 47.6 Å². The van der Waals surface area contributed by atoms with Gasteiger partial charge in [-0.15, -0.1) is 0 Å². The van der Waals surface area contributed by atoms with E-state index in [-0.39, 0.29) is 20.8 Å². The van der Waals surface area contributed by atoms with E-state index in [2.05, 4.69) is 5.32 Å². The summed E-state index contributed by atoms with van der Waals surface area (Å²) in [6.45, 7) is 0.567. The molecule has 0 spiro atoms. The highest BCUT2D eigenvalue weighted by molar-refractivity contribution is 7.92. The van der Waals surface area contributed by atoms with E-state index in [1.807, 2.05) is 0 Å². The van der Waals surface area contributed by atoms with Gasteiger partial charge in [-0.05, 0) is 31.4 Å². The third-order valence-corrected chi connectivity index (χ3v) is 6.40. The first kappa shape index (κ1) is 22.6. The normalized spacial score (nSPS) is 15.1. The predicted molar refractivity (Wildman–Crippen MR) is 109 cm³/mol.